The van der Waals surface area contributed by atoms with E-state index in [2.05, 4.69) is 25.2 Å². The van der Waals surface area contributed by atoms with Crippen LogP contribution in [0.3, 0.4) is 0 Å². The van der Waals surface area contributed by atoms with Crippen LogP contribution in [-0.4, -0.2) is 28.0 Å². The van der Waals surface area contributed by atoms with Gasteiger partial charge in [0.15, 0.2) is 0 Å². The van der Waals surface area contributed by atoms with Gasteiger partial charge in [0.1, 0.15) is 5.82 Å². The average molecular weight is 476 g/mol. The minimum Gasteiger partial charge on any atom is -0.377 e. The van der Waals surface area contributed by atoms with Gasteiger partial charge in [-0.25, -0.2) is 14.4 Å². The predicted molar refractivity (Wildman–Crippen MR) is 137 cm³/mol. The third-order valence-corrected chi connectivity index (χ3v) is 6.70. The molecule has 0 unspecified atom stereocenters. The summed E-state index contributed by atoms with van der Waals surface area (Å²) in [7, 11) is 0. The van der Waals surface area contributed by atoms with E-state index < -0.39 is 0 Å². The fraction of sp³-hybridized carbons (Fsp3) is 0.296. The highest BCUT2D eigenvalue weighted by atomic mass is 35.5. The fourth-order valence-electron chi connectivity index (χ4n) is 4.52. The van der Waals surface area contributed by atoms with Gasteiger partial charge in [0, 0.05) is 48.2 Å². The van der Waals surface area contributed by atoms with Gasteiger partial charge in [-0.3, -0.25) is 4.98 Å². The highest BCUT2D eigenvalue weighted by Gasteiger charge is 2.16. The first-order valence-electron chi connectivity index (χ1n) is 11.8. The van der Waals surface area contributed by atoms with E-state index in [-0.39, 0.29) is 11.9 Å². The van der Waals surface area contributed by atoms with Gasteiger partial charge in [0.05, 0.1) is 22.3 Å². The van der Waals surface area contributed by atoms with Crippen LogP contribution in [0.15, 0.2) is 61.1 Å². The van der Waals surface area contributed by atoms with Crippen LogP contribution in [-0.2, 0) is 0 Å². The number of nitrogens with one attached hydrogen (secondary N) is 1. The van der Waals surface area contributed by atoms with Crippen LogP contribution < -0.4 is 10.2 Å². The largest absolute Gasteiger partial charge is 0.377 e. The van der Waals surface area contributed by atoms with Gasteiger partial charge in [0.25, 0.3) is 0 Å². The fourth-order valence-corrected chi connectivity index (χ4v) is 4.72. The summed E-state index contributed by atoms with van der Waals surface area (Å²) in [6.45, 7) is 3.93. The second-order valence-electron chi connectivity index (χ2n) is 8.77. The van der Waals surface area contributed by atoms with Gasteiger partial charge < -0.3 is 10.2 Å². The Bertz CT molecular complexity index is 1290. The van der Waals surface area contributed by atoms with Crippen molar-refractivity contribution in [1.29, 1.82) is 0 Å². The van der Waals surface area contributed by atoms with Crippen LogP contribution >= 0.6 is 11.6 Å². The maximum atomic E-state index is 14.3. The smallest absolute Gasteiger partial charge is 0.225 e. The minimum absolute atomic E-state index is 0.251. The molecular formula is C27H27ClFN5. The first kappa shape index (κ1) is 22.5. The summed E-state index contributed by atoms with van der Waals surface area (Å²) in [5.74, 6) is 0.538. The number of hydrogen-bond acceptors (Lipinski definition) is 5. The zero-order valence-corrected chi connectivity index (χ0v) is 19.9. The molecule has 4 aromatic rings. The normalized spacial score (nSPS) is 15.2. The molecule has 0 radical (unpaired) electrons. The van der Waals surface area contributed by atoms with Gasteiger partial charge in [-0.15, -0.1) is 0 Å². The van der Waals surface area contributed by atoms with E-state index in [9.17, 15) is 4.39 Å². The molecule has 1 aliphatic rings. The lowest BCUT2D eigenvalue weighted by Gasteiger charge is -2.20. The second-order valence-corrected chi connectivity index (χ2v) is 9.18. The molecule has 2 aromatic carbocycles. The van der Waals surface area contributed by atoms with E-state index in [1.165, 1.54) is 31.7 Å². The van der Waals surface area contributed by atoms with Gasteiger partial charge in [-0.1, -0.05) is 48.7 Å². The standard InChI is InChI=1S/C27H27ClFN5/c1-18(21-8-4-5-9-24(21)29)33-26-22-14-19(10-11-25(22)30-17-23(26)28)20-15-31-27(32-16-20)34-12-6-2-3-7-13-34/h4-5,8-11,14-18H,2-3,6-7,12-13H2,1H3,(H,30,33)/t18-/m1/s1. The third-order valence-electron chi connectivity index (χ3n) is 6.41. The number of fused-ring (bicyclic) bond motifs is 1. The van der Waals surface area contributed by atoms with Crippen molar-refractivity contribution in [2.45, 2.75) is 38.6 Å². The highest BCUT2D eigenvalue weighted by Crippen LogP contribution is 2.35. The summed E-state index contributed by atoms with van der Waals surface area (Å²) in [5, 5.41) is 4.75. The summed E-state index contributed by atoms with van der Waals surface area (Å²) in [4.78, 5) is 16.1. The molecule has 34 heavy (non-hydrogen) atoms. The van der Waals surface area contributed by atoms with Crippen molar-refractivity contribution in [2.75, 3.05) is 23.3 Å². The summed E-state index contributed by atoms with van der Waals surface area (Å²) < 4.78 is 14.3. The Hall–Kier alpha value is -3.25. The number of anilines is 2. The van der Waals surface area contributed by atoms with Gasteiger partial charge >= 0.3 is 0 Å². The Morgan fingerprint density at radius 1 is 0.912 bits per heavy atom. The second kappa shape index (κ2) is 9.94. The molecule has 2 aromatic heterocycles. The number of rotatable bonds is 5. The molecule has 1 atom stereocenters. The van der Waals surface area contributed by atoms with E-state index in [4.69, 9.17) is 11.6 Å². The number of nitrogens with zero attached hydrogens (tertiary/aromatic N) is 4. The lowest BCUT2D eigenvalue weighted by molar-refractivity contribution is 0.600. The molecule has 5 nitrogen and oxygen atoms in total. The Morgan fingerprint density at radius 3 is 2.38 bits per heavy atom. The molecule has 1 saturated heterocycles. The Kier molecular flexibility index (Phi) is 6.59. The molecule has 0 spiro atoms. The van der Waals surface area contributed by atoms with Crippen LogP contribution in [0, 0.1) is 5.82 Å². The van der Waals surface area contributed by atoms with Crippen LogP contribution in [0.1, 0.15) is 44.2 Å². The molecule has 1 N–H and O–H groups in total. The number of benzene rings is 2. The zero-order valence-electron chi connectivity index (χ0n) is 19.1. The molecule has 5 rings (SSSR count). The van der Waals surface area contributed by atoms with Crippen molar-refractivity contribution in [1.82, 2.24) is 15.0 Å². The topological polar surface area (TPSA) is 53.9 Å². The van der Waals surface area contributed by atoms with E-state index in [1.807, 2.05) is 43.6 Å². The number of hydrogen-bond donors (Lipinski definition) is 1. The first-order chi connectivity index (χ1) is 16.6. The van der Waals surface area contributed by atoms with Crippen LogP contribution in [0.25, 0.3) is 22.0 Å². The molecular weight excluding hydrogens is 449 g/mol. The number of pyridine rings is 1. The minimum atomic E-state index is -0.274. The van der Waals surface area contributed by atoms with Crippen LogP contribution in [0.5, 0.6) is 0 Å². The van der Waals surface area contributed by atoms with E-state index in [0.29, 0.717) is 10.6 Å². The first-order valence-corrected chi connectivity index (χ1v) is 12.1. The van der Waals surface area contributed by atoms with Crippen molar-refractivity contribution in [2.24, 2.45) is 0 Å². The van der Waals surface area contributed by atoms with Crippen LogP contribution in [0.4, 0.5) is 16.0 Å². The monoisotopic (exact) mass is 475 g/mol. The zero-order chi connectivity index (χ0) is 23.5. The Morgan fingerprint density at radius 2 is 1.65 bits per heavy atom. The molecule has 1 aliphatic heterocycles. The molecule has 0 aliphatic carbocycles. The summed E-state index contributed by atoms with van der Waals surface area (Å²) in [6.07, 6.45) is 10.3. The molecule has 0 amide bonds. The van der Waals surface area contributed by atoms with E-state index >= 15 is 0 Å². The van der Waals surface area contributed by atoms with Crippen molar-refractivity contribution in [3.05, 3.63) is 77.5 Å². The van der Waals surface area contributed by atoms with E-state index in [1.54, 1.807) is 18.3 Å². The Labute approximate surface area is 204 Å². The molecule has 1 fully saturated rings. The maximum absolute atomic E-state index is 14.3. The molecule has 0 bridgehead atoms. The molecule has 0 saturated carbocycles. The number of halogens is 2. The molecule has 7 heteroatoms. The van der Waals surface area contributed by atoms with Crippen molar-refractivity contribution in [3.63, 3.8) is 0 Å². The molecule has 3 heterocycles. The average Bonchev–Trinajstić information content (AvgIpc) is 3.15. The maximum Gasteiger partial charge on any atom is 0.225 e. The highest BCUT2D eigenvalue weighted by molar-refractivity contribution is 6.34. The lowest BCUT2D eigenvalue weighted by atomic mass is 10.0. The predicted octanol–water partition coefficient (Wildman–Crippen LogP) is 7.04. The molecule has 174 valence electrons. The van der Waals surface area contributed by atoms with Gasteiger partial charge in [-0.05, 0) is 43.5 Å². The number of aromatic nitrogens is 3. The SMILES string of the molecule is C[C@@H](Nc1c(Cl)cnc2ccc(-c3cnc(N4CCCCCC4)nc3)cc12)c1ccccc1F. The van der Waals surface area contributed by atoms with Gasteiger partial charge in [0.2, 0.25) is 5.95 Å². The van der Waals surface area contributed by atoms with E-state index in [0.717, 1.165) is 46.8 Å². The van der Waals surface area contributed by atoms with Crippen LogP contribution in [0.2, 0.25) is 5.02 Å². The summed E-state index contributed by atoms with van der Waals surface area (Å²) in [6, 6.07) is 12.5. The quantitative estimate of drug-likeness (QED) is 0.335. The summed E-state index contributed by atoms with van der Waals surface area (Å²) in [5.41, 5.74) is 4.01. The third kappa shape index (κ3) is 4.68. The lowest BCUT2D eigenvalue weighted by Crippen LogP contribution is -2.25. The Balaban J connectivity index is 1.46. The van der Waals surface area contributed by atoms with Crippen molar-refractivity contribution in [3.8, 4) is 11.1 Å². The van der Waals surface area contributed by atoms with Crippen molar-refractivity contribution < 1.29 is 4.39 Å². The summed E-state index contributed by atoms with van der Waals surface area (Å²) >= 11 is 6.54. The van der Waals surface area contributed by atoms with Crippen molar-refractivity contribution >= 4 is 34.1 Å². The van der Waals surface area contributed by atoms with Gasteiger partial charge in [-0.2, -0.15) is 0 Å².